The van der Waals surface area contributed by atoms with Crippen LogP contribution in [0.5, 0.6) is 11.5 Å². The summed E-state index contributed by atoms with van der Waals surface area (Å²) >= 11 is 0. The molecular formula is C54H35NO3. The minimum absolute atomic E-state index is 0.0789. The van der Waals surface area contributed by atoms with Gasteiger partial charge in [-0.1, -0.05) is 146 Å². The van der Waals surface area contributed by atoms with Crippen molar-refractivity contribution in [2.75, 3.05) is 4.90 Å². The molecule has 0 bridgehead atoms. The highest BCUT2D eigenvalue weighted by atomic mass is 16.5. The maximum absolute atomic E-state index is 6.77. The molecule has 2 aromatic heterocycles. The van der Waals surface area contributed by atoms with Crippen LogP contribution in [0.3, 0.4) is 0 Å². The molecule has 0 saturated heterocycles. The average Bonchev–Trinajstić information content (AvgIpc) is 3.88. The average molecular weight is 746 g/mol. The lowest BCUT2D eigenvalue weighted by molar-refractivity contribution is 0.470. The zero-order valence-electron chi connectivity index (χ0n) is 31.4. The number of benzene rings is 8. The Labute approximate surface area is 335 Å². The van der Waals surface area contributed by atoms with E-state index in [2.05, 4.69) is 187 Å². The third kappa shape index (κ3) is 5.08. The van der Waals surface area contributed by atoms with E-state index in [-0.39, 0.29) is 6.04 Å². The molecule has 0 radical (unpaired) electrons. The van der Waals surface area contributed by atoms with Gasteiger partial charge in [0, 0.05) is 32.7 Å². The lowest BCUT2D eigenvalue weighted by Crippen LogP contribution is -2.32. The number of hydrogen-bond donors (Lipinski definition) is 0. The van der Waals surface area contributed by atoms with E-state index in [0.29, 0.717) is 0 Å². The highest BCUT2D eigenvalue weighted by molar-refractivity contribution is 6.17. The van der Waals surface area contributed by atoms with E-state index in [9.17, 15) is 0 Å². The zero-order valence-corrected chi connectivity index (χ0v) is 31.4. The van der Waals surface area contributed by atoms with Gasteiger partial charge in [-0.05, 0) is 88.3 Å². The summed E-state index contributed by atoms with van der Waals surface area (Å²) in [6.07, 6.45) is 9.68. The Morgan fingerprint density at radius 2 is 0.914 bits per heavy atom. The number of anilines is 2. The summed E-state index contributed by atoms with van der Waals surface area (Å²) in [5.41, 5.74) is 14.4. The third-order valence-corrected chi connectivity index (χ3v) is 11.8. The highest BCUT2D eigenvalue weighted by Crippen LogP contribution is 2.52. The van der Waals surface area contributed by atoms with Crippen molar-refractivity contribution in [1.82, 2.24) is 0 Å². The van der Waals surface area contributed by atoms with Crippen LogP contribution in [0.25, 0.3) is 88.4 Å². The minimum atomic E-state index is 0.0789. The van der Waals surface area contributed by atoms with Gasteiger partial charge in [0.25, 0.3) is 0 Å². The Balaban J connectivity index is 1.03. The van der Waals surface area contributed by atoms with Gasteiger partial charge in [-0.3, -0.25) is 0 Å². The van der Waals surface area contributed by atoms with Gasteiger partial charge in [-0.15, -0.1) is 0 Å². The molecule has 0 amide bonds. The summed E-state index contributed by atoms with van der Waals surface area (Å²) in [7, 11) is 0. The van der Waals surface area contributed by atoms with Crippen molar-refractivity contribution in [3.63, 3.8) is 0 Å². The van der Waals surface area contributed by atoms with Crippen molar-refractivity contribution in [3.05, 3.63) is 194 Å². The molecule has 12 rings (SSSR count). The van der Waals surface area contributed by atoms with E-state index in [1.807, 2.05) is 12.1 Å². The number of ether oxygens (including phenoxy) is 1. The van der Waals surface area contributed by atoms with Gasteiger partial charge in [-0.25, -0.2) is 0 Å². The molecule has 3 heterocycles. The van der Waals surface area contributed by atoms with E-state index in [4.69, 9.17) is 13.6 Å². The predicted octanol–water partition coefficient (Wildman–Crippen LogP) is 15.3. The summed E-state index contributed by atoms with van der Waals surface area (Å²) in [5.74, 6) is 1.64. The van der Waals surface area contributed by atoms with Gasteiger partial charge < -0.3 is 18.5 Å². The van der Waals surface area contributed by atoms with E-state index in [1.165, 1.54) is 0 Å². The maximum Gasteiger partial charge on any atom is 0.151 e. The summed E-state index contributed by atoms with van der Waals surface area (Å²) in [6.45, 7) is 0. The molecule has 0 saturated carbocycles. The summed E-state index contributed by atoms with van der Waals surface area (Å²) < 4.78 is 20.2. The van der Waals surface area contributed by atoms with Crippen molar-refractivity contribution in [2.24, 2.45) is 0 Å². The summed E-state index contributed by atoms with van der Waals surface area (Å²) in [5, 5.41) is 4.46. The molecule has 0 N–H and O–H groups in total. The number of furan rings is 2. The van der Waals surface area contributed by atoms with E-state index in [0.717, 1.165) is 118 Å². The van der Waals surface area contributed by atoms with Crippen LogP contribution in [0.4, 0.5) is 11.4 Å². The maximum atomic E-state index is 6.77. The second kappa shape index (κ2) is 13.0. The smallest absolute Gasteiger partial charge is 0.151 e. The molecule has 58 heavy (non-hydrogen) atoms. The van der Waals surface area contributed by atoms with Crippen molar-refractivity contribution >= 4 is 55.3 Å². The zero-order chi connectivity index (χ0) is 38.2. The Bertz CT molecular complexity index is 3090. The topological polar surface area (TPSA) is 38.8 Å². The number of nitrogens with zero attached hydrogens (tertiary/aromatic N) is 1. The molecule has 0 spiro atoms. The molecule has 4 heteroatoms. The van der Waals surface area contributed by atoms with E-state index < -0.39 is 0 Å². The molecule has 1 unspecified atom stereocenters. The van der Waals surface area contributed by atoms with Gasteiger partial charge in [0.2, 0.25) is 0 Å². The van der Waals surface area contributed by atoms with Crippen LogP contribution < -0.4 is 9.64 Å². The molecule has 2 aliphatic rings. The van der Waals surface area contributed by atoms with Crippen LogP contribution in [0.15, 0.2) is 203 Å². The molecule has 1 aliphatic carbocycles. The number of rotatable bonds is 5. The van der Waals surface area contributed by atoms with Crippen molar-refractivity contribution in [1.29, 1.82) is 0 Å². The van der Waals surface area contributed by atoms with E-state index >= 15 is 0 Å². The Kier molecular flexibility index (Phi) is 7.32. The molecule has 8 aromatic carbocycles. The number of para-hydroxylation sites is 2. The van der Waals surface area contributed by atoms with Crippen LogP contribution in [0.1, 0.15) is 6.42 Å². The van der Waals surface area contributed by atoms with Gasteiger partial charge >= 0.3 is 0 Å². The molecule has 274 valence electrons. The minimum Gasteiger partial charge on any atom is -0.455 e. The van der Waals surface area contributed by atoms with Crippen molar-refractivity contribution < 1.29 is 13.6 Å². The molecule has 1 atom stereocenters. The highest BCUT2D eigenvalue weighted by Gasteiger charge is 2.31. The van der Waals surface area contributed by atoms with Crippen LogP contribution in [0.2, 0.25) is 0 Å². The van der Waals surface area contributed by atoms with E-state index in [1.54, 1.807) is 0 Å². The Hall–Kier alpha value is -7.56. The molecule has 10 aromatic rings. The normalized spacial score (nSPS) is 14.6. The van der Waals surface area contributed by atoms with Crippen LogP contribution >= 0.6 is 0 Å². The lowest BCUT2D eigenvalue weighted by Gasteiger charge is -2.38. The second-order valence-electron chi connectivity index (χ2n) is 15.1. The molecule has 4 nitrogen and oxygen atoms in total. The third-order valence-electron chi connectivity index (χ3n) is 11.8. The van der Waals surface area contributed by atoms with Gasteiger partial charge in [0.15, 0.2) is 11.5 Å². The molecular weight excluding hydrogens is 711 g/mol. The van der Waals surface area contributed by atoms with Gasteiger partial charge in [-0.2, -0.15) is 0 Å². The molecule has 0 fully saturated rings. The Morgan fingerprint density at radius 1 is 0.431 bits per heavy atom. The predicted molar refractivity (Wildman–Crippen MR) is 238 cm³/mol. The Morgan fingerprint density at radius 3 is 1.41 bits per heavy atom. The SMILES string of the molecule is C1=CCC(N2c3cc(-c4ccc(-c5ccccc5)c5c4oc4ccccc45)ccc3Oc3ccc(-c4ccc(-c5ccccc5)c5c4oc4ccccc45)cc32)C=C1. The fraction of sp³-hybridized carbons (Fsp3) is 0.0370. The standard InChI is InChI=1S/C54H35NO3/c1-4-14-34(15-5-1)39-26-28-41(53-51(39)43-20-10-12-22-47(43)57-53)36-24-30-49-45(32-36)55(38-18-8-3-9-19-38)46-33-37(25-31-50(46)56-49)42-29-27-40(35-16-6-2-7-17-35)52-44-21-11-13-23-48(44)58-54(42)52/h1-18,20-33,38H,19H2. The largest absolute Gasteiger partial charge is 0.455 e. The van der Waals surface area contributed by atoms with Crippen LogP contribution in [-0.4, -0.2) is 6.04 Å². The number of fused-ring (bicyclic) bond motifs is 8. The number of allylic oxidation sites excluding steroid dienone is 2. The summed E-state index contributed by atoms with van der Waals surface area (Å²) in [6, 6.07) is 59.8. The lowest BCUT2D eigenvalue weighted by atomic mass is 9.93. The first kappa shape index (κ1) is 32.7. The van der Waals surface area contributed by atoms with Crippen molar-refractivity contribution in [3.8, 4) is 56.0 Å². The van der Waals surface area contributed by atoms with Crippen LogP contribution in [-0.2, 0) is 0 Å². The van der Waals surface area contributed by atoms with Crippen molar-refractivity contribution in [2.45, 2.75) is 12.5 Å². The summed E-state index contributed by atoms with van der Waals surface area (Å²) in [4.78, 5) is 2.45. The monoisotopic (exact) mass is 745 g/mol. The fourth-order valence-corrected chi connectivity index (χ4v) is 9.11. The second-order valence-corrected chi connectivity index (χ2v) is 15.1. The fourth-order valence-electron chi connectivity index (χ4n) is 9.11. The quantitative estimate of drug-likeness (QED) is 0.176. The molecule has 1 aliphatic heterocycles. The van der Waals surface area contributed by atoms with Crippen LogP contribution in [0, 0.1) is 0 Å². The number of hydrogen-bond acceptors (Lipinski definition) is 4. The first-order valence-electron chi connectivity index (χ1n) is 19.9. The first-order valence-corrected chi connectivity index (χ1v) is 19.9. The van der Waals surface area contributed by atoms with Gasteiger partial charge in [0.1, 0.15) is 22.3 Å². The van der Waals surface area contributed by atoms with Gasteiger partial charge in [0.05, 0.1) is 17.4 Å². The first-order chi connectivity index (χ1) is 28.8.